The summed E-state index contributed by atoms with van der Waals surface area (Å²) in [5.41, 5.74) is 0.490. The van der Waals surface area contributed by atoms with Crippen LogP contribution in [0.15, 0.2) is 54.1 Å². The van der Waals surface area contributed by atoms with Gasteiger partial charge in [-0.3, -0.25) is 9.59 Å². The summed E-state index contributed by atoms with van der Waals surface area (Å²) < 4.78 is 10.8. The number of carbonyl (C=O) groups excluding carboxylic acids is 4. The third-order valence-corrected chi connectivity index (χ3v) is 7.52. The number of amides is 2. The number of thioether (sulfide) groups is 1. The van der Waals surface area contributed by atoms with Crippen molar-refractivity contribution in [3.63, 3.8) is 0 Å². The molecule has 4 rings (SSSR count). The molecule has 0 unspecified atom stereocenters. The molecule has 3 heterocycles. The zero-order chi connectivity index (χ0) is 23.8. The lowest BCUT2D eigenvalue weighted by Gasteiger charge is -2.61. The van der Waals surface area contributed by atoms with Gasteiger partial charge in [0.1, 0.15) is 24.6 Å². The third-order valence-electron chi connectivity index (χ3n) is 6.17. The fourth-order valence-electron chi connectivity index (χ4n) is 4.38. The average molecular weight is 471 g/mol. The summed E-state index contributed by atoms with van der Waals surface area (Å²) >= 11 is 1.41. The molecule has 1 aromatic carbocycles. The molecule has 0 aromatic heterocycles. The molecule has 0 radical (unpaired) electrons. The zero-order valence-corrected chi connectivity index (χ0v) is 19.4. The van der Waals surface area contributed by atoms with Gasteiger partial charge in [-0.1, -0.05) is 42.5 Å². The van der Waals surface area contributed by atoms with Crippen molar-refractivity contribution in [3.05, 3.63) is 59.7 Å². The number of benzene rings is 1. The molecule has 4 atom stereocenters. The first-order valence-corrected chi connectivity index (χ1v) is 11.7. The van der Waals surface area contributed by atoms with Crippen molar-refractivity contribution < 1.29 is 28.7 Å². The third kappa shape index (κ3) is 4.06. The molecule has 1 N–H and O–H groups in total. The molecule has 9 heteroatoms. The van der Waals surface area contributed by atoms with Crippen LogP contribution in [0, 0.1) is 5.92 Å². The maximum absolute atomic E-state index is 13.3. The predicted octanol–water partition coefficient (Wildman–Crippen LogP) is 1.61. The van der Waals surface area contributed by atoms with Crippen LogP contribution in [0.25, 0.3) is 0 Å². The van der Waals surface area contributed by atoms with Gasteiger partial charge in [0, 0.05) is 17.2 Å². The SMILES string of the molecule is C=C1C(=O)OC[C@@]2(C(=O)OCC=C(C)C)[C@@H]1CS[C@@H]1[C@H](NC(=O)Cc3ccccc3)C(=O)N12. The minimum Gasteiger partial charge on any atom is -0.460 e. The van der Waals surface area contributed by atoms with E-state index < -0.39 is 40.7 Å². The van der Waals surface area contributed by atoms with Crippen LogP contribution in [0.4, 0.5) is 0 Å². The summed E-state index contributed by atoms with van der Waals surface area (Å²) in [6.45, 7) is 7.34. The van der Waals surface area contributed by atoms with E-state index in [4.69, 9.17) is 9.47 Å². The number of fused-ring (bicyclic) bond motifs is 3. The second kappa shape index (κ2) is 9.05. The van der Waals surface area contributed by atoms with Gasteiger partial charge in [-0.2, -0.15) is 0 Å². The van der Waals surface area contributed by atoms with E-state index in [0.29, 0.717) is 5.75 Å². The average Bonchev–Trinajstić information content (AvgIpc) is 2.79. The Hall–Kier alpha value is -3.07. The highest BCUT2D eigenvalue weighted by atomic mass is 32.2. The fourth-order valence-corrected chi connectivity index (χ4v) is 6.06. The Labute approximate surface area is 196 Å². The molecule has 174 valence electrons. The van der Waals surface area contributed by atoms with Gasteiger partial charge in [0.2, 0.25) is 11.8 Å². The van der Waals surface area contributed by atoms with E-state index in [1.165, 1.54) is 16.7 Å². The van der Waals surface area contributed by atoms with E-state index in [9.17, 15) is 19.2 Å². The van der Waals surface area contributed by atoms with E-state index in [0.717, 1.165) is 11.1 Å². The minimum absolute atomic E-state index is 0.0487. The van der Waals surface area contributed by atoms with Crippen LogP contribution < -0.4 is 5.32 Å². The second-order valence-electron chi connectivity index (χ2n) is 8.60. The van der Waals surface area contributed by atoms with E-state index in [-0.39, 0.29) is 31.1 Å². The predicted molar refractivity (Wildman–Crippen MR) is 122 cm³/mol. The summed E-state index contributed by atoms with van der Waals surface area (Å²) in [5.74, 6) is -2.13. The molecule has 3 aliphatic rings. The molecule has 3 saturated heterocycles. The van der Waals surface area contributed by atoms with Gasteiger partial charge in [-0.05, 0) is 25.5 Å². The van der Waals surface area contributed by atoms with Crippen molar-refractivity contribution in [1.82, 2.24) is 10.2 Å². The van der Waals surface area contributed by atoms with Crippen LogP contribution in [0.2, 0.25) is 0 Å². The molecule has 8 nitrogen and oxygen atoms in total. The quantitative estimate of drug-likeness (QED) is 0.292. The molecular formula is C24H26N2O6S. The van der Waals surface area contributed by atoms with Crippen LogP contribution in [0.1, 0.15) is 19.4 Å². The number of carbonyl (C=O) groups is 4. The Morgan fingerprint density at radius 2 is 2.03 bits per heavy atom. The molecular weight excluding hydrogens is 444 g/mol. The zero-order valence-electron chi connectivity index (χ0n) is 18.5. The summed E-state index contributed by atoms with van der Waals surface area (Å²) in [6.07, 6.45) is 1.90. The molecule has 3 fully saturated rings. The molecule has 0 bridgehead atoms. The first-order valence-electron chi connectivity index (χ1n) is 10.7. The van der Waals surface area contributed by atoms with Gasteiger partial charge in [0.05, 0.1) is 6.42 Å². The smallest absolute Gasteiger partial charge is 0.336 e. The monoisotopic (exact) mass is 470 g/mol. The molecule has 1 aromatic rings. The molecule has 33 heavy (non-hydrogen) atoms. The number of hydrogen-bond donors (Lipinski definition) is 1. The fraction of sp³-hybridized carbons (Fsp3) is 0.417. The summed E-state index contributed by atoms with van der Waals surface area (Å²) in [7, 11) is 0. The van der Waals surface area contributed by atoms with Crippen molar-refractivity contribution in [2.75, 3.05) is 19.0 Å². The molecule has 0 saturated carbocycles. The first kappa shape index (κ1) is 23.1. The molecule has 0 spiro atoms. The Morgan fingerprint density at radius 1 is 1.30 bits per heavy atom. The molecule has 2 amide bonds. The first-order chi connectivity index (χ1) is 15.8. The van der Waals surface area contributed by atoms with Crippen molar-refractivity contribution in [2.24, 2.45) is 5.92 Å². The Bertz CT molecular complexity index is 1030. The van der Waals surface area contributed by atoms with Gasteiger partial charge >= 0.3 is 11.9 Å². The van der Waals surface area contributed by atoms with E-state index in [1.807, 2.05) is 44.2 Å². The number of ether oxygens (including phenoxy) is 2. The van der Waals surface area contributed by atoms with Gasteiger partial charge < -0.3 is 19.7 Å². The topological polar surface area (TPSA) is 102 Å². The molecule has 3 aliphatic heterocycles. The number of hydrogen-bond acceptors (Lipinski definition) is 7. The lowest BCUT2D eigenvalue weighted by molar-refractivity contribution is -0.192. The van der Waals surface area contributed by atoms with E-state index in [2.05, 4.69) is 11.9 Å². The maximum Gasteiger partial charge on any atom is 0.336 e. The van der Waals surface area contributed by atoms with Gasteiger partial charge in [0.25, 0.3) is 0 Å². The van der Waals surface area contributed by atoms with Crippen LogP contribution in [-0.4, -0.2) is 64.6 Å². The minimum atomic E-state index is -1.48. The van der Waals surface area contributed by atoms with Gasteiger partial charge in [0.15, 0.2) is 5.54 Å². The summed E-state index contributed by atoms with van der Waals surface area (Å²) in [5, 5.41) is 2.34. The Balaban J connectivity index is 1.54. The van der Waals surface area contributed by atoms with Crippen molar-refractivity contribution in [2.45, 2.75) is 37.2 Å². The standard InChI is InChI=1S/C24H26N2O6S/c1-14(2)9-10-31-23(30)24-13-32-22(29)15(3)17(24)12-33-21-19(20(28)26(21)24)25-18(27)11-16-7-5-4-6-8-16/h4-9,17,19,21H,3,10-13H2,1-2H3,(H,25,27)/t17-,19-,21-,24+/m1/s1. The number of β-lactam (4-membered cyclic amide) rings is 1. The number of nitrogens with zero attached hydrogens (tertiary/aromatic N) is 1. The number of cyclic esters (lactones) is 1. The van der Waals surface area contributed by atoms with E-state index in [1.54, 1.807) is 6.08 Å². The normalized spacial score (nSPS) is 28.0. The van der Waals surface area contributed by atoms with Gasteiger partial charge in [-0.15, -0.1) is 11.8 Å². The number of rotatable bonds is 6. The van der Waals surface area contributed by atoms with Crippen LogP contribution in [0.5, 0.6) is 0 Å². The second-order valence-corrected chi connectivity index (χ2v) is 9.75. The Kier molecular flexibility index (Phi) is 6.34. The van der Waals surface area contributed by atoms with Crippen molar-refractivity contribution in [3.8, 4) is 0 Å². The van der Waals surface area contributed by atoms with Crippen LogP contribution in [-0.2, 0) is 35.1 Å². The highest BCUT2D eigenvalue weighted by Crippen LogP contribution is 2.50. The van der Waals surface area contributed by atoms with Crippen LogP contribution in [0.3, 0.4) is 0 Å². The summed E-state index contributed by atoms with van der Waals surface area (Å²) in [4.78, 5) is 52.7. The van der Waals surface area contributed by atoms with E-state index >= 15 is 0 Å². The summed E-state index contributed by atoms with van der Waals surface area (Å²) in [6, 6.07) is 8.47. The number of esters is 2. The highest BCUT2D eigenvalue weighted by molar-refractivity contribution is 8.00. The Morgan fingerprint density at radius 3 is 2.73 bits per heavy atom. The highest BCUT2D eigenvalue weighted by Gasteiger charge is 2.69. The van der Waals surface area contributed by atoms with Gasteiger partial charge in [-0.25, -0.2) is 9.59 Å². The van der Waals surface area contributed by atoms with Crippen molar-refractivity contribution in [1.29, 1.82) is 0 Å². The number of nitrogens with one attached hydrogen (secondary N) is 1. The maximum atomic E-state index is 13.3. The molecule has 0 aliphatic carbocycles. The lowest BCUT2D eigenvalue weighted by Crippen LogP contribution is -2.83. The van der Waals surface area contributed by atoms with Crippen molar-refractivity contribution >= 4 is 35.5 Å². The largest absolute Gasteiger partial charge is 0.460 e. The van der Waals surface area contributed by atoms with Crippen LogP contribution >= 0.6 is 11.8 Å². The number of allylic oxidation sites excluding steroid dienone is 1. The lowest BCUT2D eigenvalue weighted by atomic mass is 9.75.